The molecule has 0 saturated carbocycles. The highest BCUT2D eigenvalue weighted by Gasteiger charge is 2.14. The minimum atomic E-state index is -0.615. The molecule has 4 nitrogen and oxygen atoms in total. The Bertz CT molecular complexity index is 149. The lowest BCUT2D eigenvalue weighted by atomic mass is 10.1. The van der Waals surface area contributed by atoms with E-state index in [1.165, 1.54) is 0 Å². The molecule has 0 heterocycles. The molecule has 0 saturated heterocycles. The Balaban J connectivity index is 3.61. The fraction of sp³-hybridized carbons (Fsp3) is 0.875. The van der Waals surface area contributed by atoms with Gasteiger partial charge >= 0.3 is 6.09 Å². The van der Waals surface area contributed by atoms with E-state index in [1.807, 2.05) is 20.8 Å². The summed E-state index contributed by atoms with van der Waals surface area (Å²) in [6, 6.07) is 0. The molecular formula is C8H17NO3. The molecule has 0 aliphatic heterocycles. The summed E-state index contributed by atoms with van der Waals surface area (Å²) in [5.74, 6) is 0. The van der Waals surface area contributed by atoms with Gasteiger partial charge in [0.1, 0.15) is 6.61 Å². The highest BCUT2D eigenvalue weighted by molar-refractivity contribution is 5.68. The minimum absolute atomic E-state index is 0.0297. The lowest BCUT2D eigenvalue weighted by molar-refractivity contribution is 0.0742. The molecule has 0 rings (SSSR count). The van der Waals surface area contributed by atoms with Crippen LogP contribution in [0.4, 0.5) is 4.79 Å². The van der Waals surface area contributed by atoms with Crippen LogP contribution in [0, 0.1) is 0 Å². The normalized spacial score (nSPS) is 13.8. The molecule has 0 aliphatic rings. The van der Waals surface area contributed by atoms with Crippen LogP contribution in [0.15, 0.2) is 0 Å². The number of carbonyl (C=O) groups excluding carboxylic acids is 1. The number of amides is 1. The minimum Gasteiger partial charge on any atom is -0.447 e. The number of rotatable bonds is 2. The zero-order chi connectivity index (χ0) is 9.78. The van der Waals surface area contributed by atoms with Gasteiger partial charge in [0, 0.05) is 5.54 Å². The maximum Gasteiger partial charge on any atom is 0.407 e. The van der Waals surface area contributed by atoms with E-state index in [0.717, 1.165) is 0 Å². The second kappa shape index (κ2) is 4.30. The largest absolute Gasteiger partial charge is 0.447 e. The number of nitrogens with one attached hydrogen (secondary N) is 1. The summed E-state index contributed by atoms with van der Waals surface area (Å²) in [5, 5.41) is 11.4. The number of carbonyl (C=O) groups is 1. The standard InChI is InChI=1S/C8H17NO3/c1-6(10)5-12-7(11)9-8(2,3)4/h6,10H,5H2,1-4H3,(H,9,11). The Morgan fingerprint density at radius 2 is 2.08 bits per heavy atom. The molecule has 0 spiro atoms. The van der Waals surface area contributed by atoms with Gasteiger partial charge in [-0.1, -0.05) is 0 Å². The van der Waals surface area contributed by atoms with Gasteiger partial charge in [0.25, 0.3) is 0 Å². The van der Waals surface area contributed by atoms with Gasteiger partial charge in [-0.05, 0) is 27.7 Å². The third-order valence-corrected chi connectivity index (χ3v) is 0.933. The Morgan fingerprint density at radius 3 is 2.42 bits per heavy atom. The van der Waals surface area contributed by atoms with Gasteiger partial charge in [0.15, 0.2) is 0 Å². The summed E-state index contributed by atoms with van der Waals surface area (Å²) in [4.78, 5) is 10.9. The van der Waals surface area contributed by atoms with Gasteiger partial charge in [-0.15, -0.1) is 0 Å². The lowest BCUT2D eigenvalue weighted by Crippen LogP contribution is -2.41. The first-order chi connectivity index (χ1) is 5.31. The van der Waals surface area contributed by atoms with Crippen LogP contribution in [0.2, 0.25) is 0 Å². The highest BCUT2D eigenvalue weighted by atomic mass is 16.6. The molecule has 1 unspecified atom stereocenters. The van der Waals surface area contributed by atoms with Crippen molar-refractivity contribution in [3.8, 4) is 0 Å². The van der Waals surface area contributed by atoms with Gasteiger partial charge < -0.3 is 15.2 Å². The molecule has 2 N–H and O–H groups in total. The number of alkyl carbamates (subject to hydrolysis) is 1. The number of hydrogen-bond donors (Lipinski definition) is 2. The molecule has 4 heteroatoms. The van der Waals surface area contributed by atoms with Crippen molar-refractivity contribution in [3.63, 3.8) is 0 Å². The van der Waals surface area contributed by atoms with Crippen molar-refractivity contribution >= 4 is 6.09 Å². The zero-order valence-electron chi connectivity index (χ0n) is 8.05. The van der Waals surface area contributed by atoms with E-state index < -0.39 is 12.2 Å². The maximum absolute atomic E-state index is 10.9. The van der Waals surface area contributed by atoms with E-state index in [4.69, 9.17) is 5.11 Å². The quantitative estimate of drug-likeness (QED) is 0.655. The summed E-state index contributed by atoms with van der Waals surface area (Å²) >= 11 is 0. The topological polar surface area (TPSA) is 58.6 Å². The molecule has 1 atom stereocenters. The van der Waals surface area contributed by atoms with Crippen LogP contribution in [0.5, 0.6) is 0 Å². The average molecular weight is 175 g/mol. The van der Waals surface area contributed by atoms with Gasteiger partial charge in [-0.3, -0.25) is 0 Å². The van der Waals surface area contributed by atoms with Crippen molar-refractivity contribution in [2.45, 2.75) is 39.3 Å². The average Bonchev–Trinajstić information content (AvgIpc) is 1.79. The van der Waals surface area contributed by atoms with Crippen molar-refractivity contribution in [1.82, 2.24) is 5.32 Å². The molecule has 0 fully saturated rings. The fourth-order valence-electron chi connectivity index (χ4n) is 0.539. The lowest BCUT2D eigenvalue weighted by Gasteiger charge is -2.20. The van der Waals surface area contributed by atoms with Crippen molar-refractivity contribution in [2.24, 2.45) is 0 Å². The van der Waals surface area contributed by atoms with E-state index in [-0.39, 0.29) is 12.1 Å². The van der Waals surface area contributed by atoms with E-state index in [9.17, 15) is 4.79 Å². The molecule has 0 bridgehead atoms. The molecular weight excluding hydrogens is 158 g/mol. The van der Waals surface area contributed by atoms with Crippen LogP contribution in [0.1, 0.15) is 27.7 Å². The van der Waals surface area contributed by atoms with Crippen molar-refractivity contribution in [1.29, 1.82) is 0 Å². The summed E-state index contributed by atoms with van der Waals surface area (Å²) in [5.41, 5.74) is -0.296. The summed E-state index contributed by atoms with van der Waals surface area (Å²) < 4.78 is 4.68. The van der Waals surface area contributed by atoms with Gasteiger partial charge in [0.2, 0.25) is 0 Å². The van der Waals surface area contributed by atoms with Crippen LogP contribution < -0.4 is 5.32 Å². The van der Waals surface area contributed by atoms with Gasteiger partial charge in [0.05, 0.1) is 6.10 Å². The van der Waals surface area contributed by atoms with Crippen LogP contribution in [-0.4, -0.2) is 29.4 Å². The zero-order valence-corrected chi connectivity index (χ0v) is 8.05. The highest BCUT2D eigenvalue weighted by Crippen LogP contribution is 1.98. The fourth-order valence-corrected chi connectivity index (χ4v) is 0.539. The SMILES string of the molecule is CC(O)COC(=O)NC(C)(C)C. The van der Waals surface area contributed by atoms with Gasteiger partial charge in [-0.25, -0.2) is 4.79 Å². The molecule has 0 aromatic heterocycles. The van der Waals surface area contributed by atoms with E-state index in [1.54, 1.807) is 6.92 Å². The van der Waals surface area contributed by atoms with Crippen LogP contribution in [0.25, 0.3) is 0 Å². The number of aliphatic hydroxyl groups is 1. The van der Waals surface area contributed by atoms with E-state index in [2.05, 4.69) is 10.1 Å². The third-order valence-electron chi connectivity index (χ3n) is 0.933. The predicted molar refractivity (Wildman–Crippen MR) is 45.9 cm³/mol. The third kappa shape index (κ3) is 7.34. The van der Waals surface area contributed by atoms with Crippen LogP contribution in [-0.2, 0) is 4.74 Å². The number of aliphatic hydroxyl groups excluding tert-OH is 1. The van der Waals surface area contributed by atoms with Gasteiger partial charge in [-0.2, -0.15) is 0 Å². The van der Waals surface area contributed by atoms with Crippen LogP contribution in [0.3, 0.4) is 0 Å². The Kier molecular flexibility index (Phi) is 4.03. The number of hydrogen-bond acceptors (Lipinski definition) is 3. The monoisotopic (exact) mass is 175 g/mol. The molecule has 0 aliphatic carbocycles. The summed E-state index contributed by atoms with van der Waals surface area (Å²) in [6.07, 6.45) is -1.11. The summed E-state index contributed by atoms with van der Waals surface area (Å²) in [7, 11) is 0. The first-order valence-electron chi connectivity index (χ1n) is 3.94. The van der Waals surface area contributed by atoms with E-state index >= 15 is 0 Å². The Morgan fingerprint density at radius 1 is 1.58 bits per heavy atom. The molecule has 72 valence electrons. The van der Waals surface area contributed by atoms with E-state index in [0.29, 0.717) is 0 Å². The smallest absolute Gasteiger partial charge is 0.407 e. The molecule has 1 amide bonds. The maximum atomic E-state index is 10.9. The van der Waals surface area contributed by atoms with Crippen molar-refractivity contribution < 1.29 is 14.6 Å². The predicted octanol–water partition coefficient (Wildman–Crippen LogP) is 0.892. The molecule has 0 radical (unpaired) electrons. The second-order valence-electron chi connectivity index (χ2n) is 3.82. The second-order valence-corrected chi connectivity index (χ2v) is 3.82. The van der Waals surface area contributed by atoms with Crippen molar-refractivity contribution in [2.75, 3.05) is 6.61 Å². The van der Waals surface area contributed by atoms with Crippen LogP contribution >= 0.6 is 0 Å². The Labute approximate surface area is 72.9 Å². The summed E-state index contributed by atoms with van der Waals surface area (Å²) in [6.45, 7) is 7.16. The number of ether oxygens (including phenoxy) is 1. The van der Waals surface area contributed by atoms with Crippen molar-refractivity contribution in [3.05, 3.63) is 0 Å². The first-order valence-corrected chi connectivity index (χ1v) is 3.94. The molecule has 12 heavy (non-hydrogen) atoms. The Hall–Kier alpha value is -0.770. The molecule has 0 aromatic rings. The first kappa shape index (κ1) is 11.2. The molecule has 0 aromatic carbocycles.